The van der Waals surface area contributed by atoms with Crippen LogP contribution in [0.5, 0.6) is 0 Å². The van der Waals surface area contributed by atoms with Crippen molar-refractivity contribution in [2.24, 2.45) is 0 Å². The molecule has 6 heteroatoms. The summed E-state index contributed by atoms with van der Waals surface area (Å²) in [5, 5.41) is 11.4. The van der Waals surface area contributed by atoms with Gasteiger partial charge in [0.25, 0.3) is 0 Å². The van der Waals surface area contributed by atoms with Gasteiger partial charge in [0.05, 0.1) is 5.69 Å². The number of nitrogens with one attached hydrogen (secondary N) is 1. The first-order valence-corrected chi connectivity index (χ1v) is 7.03. The quantitative estimate of drug-likeness (QED) is 0.897. The number of aliphatic carboxylic acids is 1. The lowest BCUT2D eigenvalue weighted by molar-refractivity contribution is -0.138. The van der Waals surface area contributed by atoms with Crippen LogP contribution in [0.25, 0.3) is 0 Å². The molecule has 2 rings (SSSR count). The first-order valence-electron chi connectivity index (χ1n) is 7.03. The Kier molecular flexibility index (Phi) is 4.77. The van der Waals surface area contributed by atoms with E-state index in [-0.39, 0.29) is 18.3 Å². The Labute approximate surface area is 122 Å². The third kappa shape index (κ3) is 3.93. The van der Waals surface area contributed by atoms with Crippen LogP contribution < -0.4 is 5.32 Å². The zero-order valence-electron chi connectivity index (χ0n) is 11.9. The Bertz CT molecular complexity index is 542. The van der Waals surface area contributed by atoms with E-state index in [0.29, 0.717) is 0 Å². The number of carboxylic acids is 1. The molecule has 1 aliphatic carbocycles. The number of carbonyl (C=O) groups excluding carboxylic acids is 1. The molecule has 0 aromatic heterocycles. The minimum Gasteiger partial charge on any atom is -0.480 e. The SMILES string of the molecule is Cc1ccc(F)c(NC(=O)N(CC(=O)O)C2CCCC2)c1. The summed E-state index contributed by atoms with van der Waals surface area (Å²) in [5.74, 6) is -1.60. The van der Waals surface area contributed by atoms with E-state index in [9.17, 15) is 14.0 Å². The molecular formula is C15H19FN2O3. The number of nitrogens with zero attached hydrogens (tertiary/aromatic N) is 1. The summed E-state index contributed by atoms with van der Waals surface area (Å²) in [6.07, 6.45) is 3.54. The molecule has 0 saturated heterocycles. The highest BCUT2D eigenvalue weighted by Gasteiger charge is 2.28. The maximum atomic E-state index is 13.7. The van der Waals surface area contributed by atoms with Crippen LogP contribution in [-0.4, -0.2) is 34.6 Å². The lowest BCUT2D eigenvalue weighted by atomic mass is 10.2. The highest BCUT2D eigenvalue weighted by atomic mass is 19.1. The Balaban J connectivity index is 2.13. The first-order chi connectivity index (χ1) is 9.97. The molecule has 1 aromatic carbocycles. The van der Waals surface area contributed by atoms with Crippen LogP contribution in [0.15, 0.2) is 18.2 Å². The summed E-state index contributed by atoms with van der Waals surface area (Å²) in [7, 11) is 0. The third-order valence-electron chi connectivity index (χ3n) is 3.70. The second-order valence-corrected chi connectivity index (χ2v) is 5.37. The molecule has 21 heavy (non-hydrogen) atoms. The number of aryl methyl sites for hydroxylation is 1. The zero-order chi connectivity index (χ0) is 15.4. The summed E-state index contributed by atoms with van der Waals surface area (Å²) < 4.78 is 13.7. The highest BCUT2D eigenvalue weighted by Crippen LogP contribution is 2.24. The number of hydrogen-bond donors (Lipinski definition) is 2. The summed E-state index contributed by atoms with van der Waals surface area (Å²) in [6.45, 7) is 1.42. The van der Waals surface area contributed by atoms with Crippen molar-refractivity contribution in [3.63, 3.8) is 0 Å². The summed E-state index contributed by atoms with van der Waals surface area (Å²) in [5.41, 5.74) is 0.894. The predicted molar refractivity (Wildman–Crippen MR) is 76.8 cm³/mol. The molecule has 114 valence electrons. The van der Waals surface area contributed by atoms with Crippen LogP contribution in [0.1, 0.15) is 31.2 Å². The van der Waals surface area contributed by atoms with Crippen molar-refractivity contribution < 1.29 is 19.1 Å². The largest absolute Gasteiger partial charge is 0.480 e. The van der Waals surface area contributed by atoms with E-state index in [1.807, 2.05) is 0 Å². The van der Waals surface area contributed by atoms with E-state index < -0.39 is 17.8 Å². The van der Waals surface area contributed by atoms with Crippen molar-refractivity contribution in [3.8, 4) is 0 Å². The predicted octanol–water partition coefficient (Wildman–Crippen LogP) is 3.00. The van der Waals surface area contributed by atoms with Crippen LogP contribution in [-0.2, 0) is 4.79 Å². The lowest BCUT2D eigenvalue weighted by Gasteiger charge is -2.27. The maximum absolute atomic E-state index is 13.7. The molecule has 0 heterocycles. The molecule has 1 aromatic rings. The molecule has 1 fully saturated rings. The Morgan fingerprint density at radius 1 is 1.38 bits per heavy atom. The molecule has 0 atom stereocenters. The highest BCUT2D eigenvalue weighted by molar-refractivity contribution is 5.91. The number of halogens is 1. The van der Waals surface area contributed by atoms with Gasteiger partial charge in [0, 0.05) is 6.04 Å². The van der Waals surface area contributed by atoms with Gasteiger partial charge in [-0.3, -0.25) is 4.79 Å². The molecule has 2 N–H and O–H groups in total. The Morgan fingerprint density at radius 3 is 2.67 bits per heavy atom. The van der Waals surface area contributed by atoms with Gasteiger partial charge >= 0.3 is 12.0 Å². The second kappa shape index (κ2) is 6.56. The molecule has 1 saturated carbocycles. The molecule has 0 spiro atoms. The number of anilines is 1. The van der Waals surface area contributed by atoms with E-state index in [4.69, 9.17) is 5.11 Å². The minimum absolute atomic E-state index is 0.0772. The van der Waals surface area contributed by atoms with E-state index in [1.165, 1.54) is 17.0 Å². The van der Waals surface area contributed by atoms with E-state index >= 15 is 0 Å². The second-order valence-electron chi connectivity index (χ2n) is 5.37. The molecule has 0 radical (unpaired) electrons. The van der Waals surface area contributed by atoms with E-state index in [0.717, 1.165) is 31.2 Å². The maximum Gasteiger partial charge on any atom is 0.323 e. The fourth-order valence-electron chi connectivity index (χ4n) is 2.65. The smallest absolute Gasteiger partial charge is 0.323 e. The number of benzene rings is 1. The van der Waals surface area contributed by atoms with Gasteiger partial charge in [0.2, 0.25) is 0 Å². The van der Waals surface area contributed by atoms with Crippen molar-refractivity contribution in [1.29, 1.82) is 0 Å². The van der Waals surface area contributed by atoms with E-state index in [2.05, 4.69) is 5.32 Å². The molecule has 1 aliphatic rings. The van der Waals surface area contributed by atoms with Crippen LogP contribution in [0.2, 0.25) is 0 Å². The Hall–Kier alpha value is -2.11. The average molecular weight is 294 g/mol. The van der Waals surface area contributed by atoms with Gasteiger partial charge in [-0.2, -0.15) is 0 Å². The molecular weight excluding hydrogens is 275 g/mol. The minimum atomic E-state index is -1.07. The summed E-state index contributed by atoms with van der Waals surface area (Å²) in [6, 6.07) is 3.77. The van der Waals surface area contributed by atoms with Crippen molar-refractivity contribution >= 4 is 17.7 Å². The summed E-state index contributed by atoms with van der Waals surface area (Å²) in [4.78, 5) is 24.5. The lowest BCUT2D eigenvalue weighted by Crippen LogP contribution is -2.44. The monoisotopic (exact) mass is 294 g/mol. The van der Waals surface area contributed by atoms with Gasteiger partial charge < -0.3 is 15.3 Å². The van der Waals surface area contributed by atoms with Crippen molar-refractivity contribution in [2.45, 2.75) is 38.6 Å². The van der Waals surface area contributed by atoms with Gasteiger partial charge in [-0.15, -0.1) is 0 Å². The number of carbonyl (C=O) groups is 2. The van der Waals surface area contributed by atoms with Crippen molar-refractivity contribution in [3.05, 3.63) is 29.6 Å². The first kappa shape index (κ1) is 15.3. The fraction of sp³-hybridized carbons (Fsp3) is 0.467. The average Bonchev–Trinajstić information content (AvgIpc) is 2.93. The van der Waals surface area contributed by atoms with E-state index in [1.54, 1.807) is 13.0 Å². The van der Waals surface area contributed by atoms with Crippen LogP contribution in [0, 0.1) is 12.7 Å². The third-order valence-corrected chi connectivity index (χ3v) is 3.70. The normalized spacial score (nSPS) is 15.0. The van der Waals surface area contributed by atoms with Gasteiger partial charge in [0.15, 0.2) is 0 Å². The van der Waals surface area contributed by atoms with Gasteiger partial charge in [-0.05, 0) is 37.5 Å². The molecule has 5 nitrogen and oxygen atoms in total. The van der Waals surface area contributed by atoms with Crippen LogP contribution in [0.4, 0.5) is 14.9 Å². The number of urea groups is 1. The van der Waals surface area contributed by atoms with Crippen molar-refractivity contribution in [2.75, 3.05) is 11.9 Å². The van der Waals surface area contributed by atoms with Gasteiger partial charge in [-0.25, -0.2) is 9.18 Å². The summed E-state index contributed by atoms with van der Waals surface area (Å²) >= 11 is 0. The molecule has 0 aliphatic heterocycles. The molecule has 0 bridgehead atoms. The number of amides is 2. The standard InChI is InChI=1S/C15H19FN2O3/c1-10-6-7-12(16)13(8-10)17-15(21)18(9-14(19)20)11-4-2-3-5-11/h6-8,11H,2-5,9H2,1H3,(H,17,21)(H,19,20). The zero-order valence-corrected chi connectivity index (χ0v) is 11.9. The number of rotatable bonds is 4. The van der Waals surface area contributed by atoms with Crippen LogP contribution in [0.3, 0.4) is 0 Å². The van der Waals surface area contributed by atoms with Crippen molar-refractivity contribution in [1.82, 2.24) is 4.90 Å². The topological polar surface area (TPSA) is 69.6 Å². The fourth-order valence-corrected chi connectivity index (χ4v) is 2.65. The Morgan fingerprint density at radius 2 is 2.05 bits per heavy atom. The molecule has 0 unspecified atom stereocenters. The number of carboxylic acid groups (broad SMARTS) is 1. The van der Waals surface area contributed by atoms with Crippen LogP contribution >= 0.6 is 0 Å². The van der Waals surface area contributed by atoms with Gasteiger partial charge in [-0.1, -0.05) is 18.9 Å². The van der Waals surface area contributed by atoms with Gasteiger partial charge in [0.1, 0.15) is 12.4 Å². The number of hydrogen-bond acceptors (Lipinski definition) is 2. The molecule has 2 amide bonds.